The van der Waals surface area contributed by atoms with Crippen LogP contribution in [-0.4, -0.2) is 16.3 Å². The van der Waals surface area contributed by atoms with Gasteiger partial charge in [0.25, 0.3) is 0 Å². The van der Waals surface area contributed by atoms with Crippen LogP contribution in [0, 0.1) is 27.7 Å². The fourth-order valence-corrected chi connectivity index (χ4v) is 29.4. The molecule has 2 atom stereocenters. The number of fused-ring (bicyclic) bond motifs is 2. The van der Waals surface area contributed by atoms with Crippen molar-refractivity contribution in [3.05, 3.63) is 189 Å². The van der Waals surface area contributed by atoms with Gasteiger partial charge in [-0.3, -0.25) is 0 Å². The third kappa shape index (κ3) is 7.09. The Hall–Kier alpha value is -4.73. The van der Waals surface area contributed by atoms with Crippen molar-refractivity contribution in [1.82, 2.24) is 10.5 Å². The van der Waals surface area contributed by atoms with Gasteiger partial charge in [0.05, 0.1) is 0 Å². The molecule has 0 heterocycles. The quantitative estimate of drug-likeness (QED) is 0.127. The van der Waals surface area contributed by atoms with Crippen LogP contribution in [-0.2, 0) is 25.8 Å². The number of rotatable bonds is 11. The summed E-state index contributed by atoms with van der Waals surface area (Å²) < 4.78 is -2.22. The standard InChI is InChI=1S/2C23H19.C6H11BN2O2.2ClH.Zr/c2*1-16-8-6-12-21(17(16)2)22-13-7-11-19-14-20(15-23(19)22)18-9-4-3-5-10-18;1-3-5(10)8-7-9-6(11)4-2;;;/h2*3-15H,1-2H3;3-4H2,1-2H3,(H-,8,9,10,11);2*1H;/q;;;;;+1/p-1. The van der Waals surface area contributed by atoms with Crippen molar-refractivity contribution in [2.75, 3.05) is 0 Å². The van der Waals surface area contributed by atoms with Crippen molar-refractivity contribution >= 4 is 56.7 Å². The van der Waals surface area contributed by atoms with E-state index in [4.69, 9.17) is 17.0 Å². The molecule has 0 aromatic heterocycles. The first-order valence-corrected chi connectivity index (χ1v) is 31.5. The molecule has 8 heteroatoms. The van der Waals surface area contributed by atoms with E-state index in [1.54, 1.807) is 0 Å². The predicted molar refractivity (Wildman–Crippen MR) is 251 cm³/mol. The third-order valence-corrected chi connectivity index (χ3v) is 32.7. The molecule has 0 bridgehead atoms. The van der Waals surface area contributed by atoms with Crippen LogP contribution in [0.25, 0.3) is 45.6 Å². The second-order valence-electron chi connectivity index (χ2n) is 16.4. The first-order valence-electron chi connectivity index (χ1n) is 21.0. The molecule has 60 heavy (non-hydrogen) atoms. The van der Waals surface area contributed by atoms with Crippen LogP contribution in [0.2, 0.25) is 0 Å². The molecular formula is C52H50BCl2N2O2Zr. The Kier molecular flexibility index (Phi) is 11.6. The normalized spacial score (nSPS) is 16.2. The van der Waals surface area contributed by atoms with Gasteiger partial charge in [-0.15, -0.1) is 0 Å². The van der Waals surface area contributed by atoms with Crippen molar-refractivity contribution in [3.8, 4) is 22.3 Å². The van der Waals surface area contributed by atoms with E-state index in [0.29, 0.717) is 0 Å². The van der Waals surface area contributed by atoms with Crippen molar-refractivity contribution in [2.45, 2.75) is 61.6 Å². The maximum atomic E-state index is 13.9. The zero-order chi connectivity index (χ0) is 42.4. The zero-order valence-corrected chi connectivity index (χ0v) is 39.0. The summed E-state index contributed by atoms with van der Waals surface area (Å²) in [5.41, 5.74) is 17.3. The first kappa shape index (κ1) is 42.0. The molecule has 2 amide bonds. The van der Waals surface area contributed by atoms with E-state index in [1.165, 1.54) is 22.3 Å². The molecule has 2 unspecified atom stereocenters. The summed E-state index contributed by atoms with van der Waals surface area (Å²) in [7, 11) is 18.2. The van der Waals surface area contributed by atoms with Gasteiger partial charge >= 0.3 is 366 Å². The summed E-state index contributed by atoms with van der Waals surface area (Å²) in [6.45, 7) is 12.2. The Morgan fingerprint density at radius 2 is 0.883 bits per heavy atom. The maximum absolute atomic E-state index is 13.9. The SMILES string of the molecule is CCC(=O)N[B](NC(=O)CC)[Zr]([Cl])([Cl])([CH]1C(c2ccccc2)=Cc2c(-c3cccc(C)c3C)cccc21)[CH]1C(c2ccccc2)=Cc2c(-c3cccc(C)c3C)cccc21. The van der Waals surface area contributed by atoms with Gasteiger partial charge in [-0.1, -0.05) is 0 Å². The van der Waals surface area contributed by atoms with Gasteiger partial charge in [-0.05, 0) is 0 Å². The Morgan fingerprint density at radius 3 is 1.27 bits per heavy atom. The summed E-state index contributed by atoms with van der Waals surface area (Å²) in [4.78, 5) is 27.9. The van der Waals surface area contributed by atoms with E-state index in [1.807, 2.05) is 50.2 Å². The molecule has 0 saturated heterocycles. The summed E-state index contributed by atoms with van der Waals surface area (Å²) in [5, 5.41) is 6.60. The molecule has 2 aliphatic rings. The minimum atomic E-state index is -6.32. The summed E-state index contributed by atoms with van der Waals surface area (Å²) >= 11 is -6.32. The van der Waals surface area contributed by atoms with Crippen LogP contribution in [0.4, 0.5) is 0 Å². The second kappa shape index (κ2) is 16.6. The van der Waals surface area contributed by atoms with Gasteiger partial charge in [0.15, 0.2) is 0 Å². The molecule has 2 N–H and O–H groups in total. The van der Waals surface area contributed by atoms with Gasteiger partial charge < -0.3 is 0 Å². The second-order valence-corrected chi connectivity index (χ2v) is 37.8. The van der Waals surface area contributed by atoms with E-state index >= 15 is 0 Å². The topological polar surface area (TPSA) is 58.2 Å². The number of allylic oxidation sites excluding steroid dienone is 2. The fraction of sp³-hybridized carbons (Fsp3) is 0.192. The Morgan fingerprint density at radius 1 is 0.517 bits per heavy atom. The van der Waals surface area contributed by atoms with Gasteiger partial charge in [-0.2, -0.15) is 0 Å². The number of benzene rings is 6. The van der Waals surface area contributed by atoms with Gasteiger partial charge in [-0.25, -0.2) is 0 Å². The van der Waals surface area contributed by atoms with Crippen LogP contribution in [0.3, 0.4) is 0 Å². The molecule has 0 fully saturated rings. The Labute approximate surface area is 363 Å². The molecule has 6 aromatic rings. The van der Waals surface area contributed by atoms with Crippen LogP contribution in [0.5, 0.6) is 0 Å². The molecule has 0 saturated carbocycles. The molecule has 301 valence electrons. The molecule has 0 aliphatic heterocycles. The Bertz CT molecular complexity index is 2550. The minimum absolute atomic E-state index is 0.191. The number of amides is 2. The number of hydrogen-bond donors (Lipinski definition) is 2. The first-order chi connectivity index (χ1) is 28.9. The van der Waals surface area contributed by atoms with Crippen molar-refractivity contribution < 1.29 is 25.8 Å². The van der Waals surface area contributed by atoms with Crippen LogP contribution >= 0.6 is 17.0 Å². The number of carbonyl (C=O) groups is 2. The molecular weight excluding hydrogens is 858 g/mol. The van der Waals surface area contributed by atoms with E-state index < -0.39 is 27.9 Å². The molecule has 8 rings (SSSR count). The average molecular weight is 908 g/mol. The van der Waals surface area contributed by atoms with Crippen molar-refractivity contribution in [3.63, 3.8) is 0 Å². The number of aryl methyl sites for hydroxylation is 2. The Balaban J connectivity index is 1.51. The van der Waals surface area contributed by atoms with Gasteiger partial charge in [0.1, 0.15) is 0 Å². The van der Waals surface area contributed by atoms with Crippen LogP contribution in [0.15, 0.2) is 133 Å². The molecule has 0 spiro atoms. The predicted octanol–water partition coefficient (Wildman–Crippen LogP) is 13.2. The molecule has 2 aliphatic carbocycles. The monoisotopic (exact) mass is 905 g/mol. The molecule has 6 aromatic carbocycles. The molecule has 4 nitrogen and oxygen atoms in total. The fourth-order valence-electron chi connectivity index (χ4n) is 9.65. The van der Waals surface area contributed by atoms with Crippen LogP contribution < -0.4 is 10.5 Å². The summed E-state index contributed by atoms with van der Waals surface area (Å²) in [6.07, 6.45) is 4.94. The van der Waals surface area contributed by atoms with Crippen LogP contribution in [0.1, 0.15) is 89.6 Å². The van der Waals surface area contributed by atoms with E-state index in [2.05, 4.69) is 147 Å². The zero-order valence-electron chi connectivity index (χ0n) is 35.1. The average Bonchev–Trinajstić information content (AvgIpc) is 3.88. The van der Waals surface area contributed by atoms with E-state index in [-0.39, 0.29) is 24.7 Å². The number of nitrogens with one attached hydrogen (secondary N) is 2. The third-order valence-electron chi connectivity index (χ3n) is 13.0. The number of halogens is 2. The summed E-state index contributed by atoms with van der Waals surface area (Å²) in [6, 6.07) is 46.4. The molecule has 0 radical (unpaired) electrons. The van der Waals surface area contributed by atoms with E-state index in [9.17, 15) is 9.59 Å². The van der Waals surface area contributed by atoms with Gasteiger partial charge in [0, 0.05) is 0 Å². The van der Waals surface area contributed by atoms with Gasteiger partial charge in [0.2, 0.25) is 0 Å². The number of carbonyl (C=O) groups excluding carboxylic acids is 2. The summed E-state index contributed by atoms with van der Waals surface area (Å²) in [5.74, 6) is -0.475. The van der Waals surface area contributed by atoms with E-state index in [0.717, 1.165) is 66.8 Å². The van der Waals surface area contributed by atoms with Crippen molar-refractivity contribution in [1.29, 1.82) is 0 Å². The number of hydrogen-bond acceptors (Lipinski definition) is 2. The van der Waals surface area contributed by atoms with Crippen molar-refractivity contribution in [2.24, 2.45) is 0 Å².